The number of nitrogens with one attached hydrogen (secondary N) is 1. The van der Waals surface area contributed by atoms with Crippen LogP contribution in [-0.2, 0) is 19.6 Å². The lowest BCUT2D eigenvalue weighted by atomic mass is 10.1. The monoisotopic (exact) mass is 299 g/mol. The second-order valence-corrected chi connectivity index (χ2v) is 6.51. The molecule has 0 saturated heterocycles. The molecule has 0 unspecified atom stereocenters. The van der Waals surface area contributed by atoms with Crippen LogP contribution in [0, 0.1) is 20.8 Å². The molecule has 1 aromatic rings. The zero-order valence-electron chi connectivity index (χ0n) is 12.3. The molecule has 0 fully saturated rings. The summed E-state index contributed by atoms with van der Waals surface area (Å²) >= 11 is 0. The molecule has 0 saturated carbocycles. The summed E-state index contributed by atoms with van der Waals surface area (Å²) in [5.74, 6) is -0.341. The van der Waals surface area contributed by atoms with Gasteiger partial charge in [-0.2, -0.15) is 0 Å². The molecular formula is C14H21NO4S. The summed E-state index contributed by atoms with van der Waals surface area (Å²) in [5, 5.41) is 0. The van der Waals surface area contributed by atoms with E-state index in [1.807, 2.05) is 19.1 Å². The van der Waals surface area contributed by atoms with Crippen LogP contribution in [0.25, 0.3) is 0 Å². The Morgan fingerprint density at radius 3 is 2.25 bits per heavy atom. The summed E-state index contributed by atoms with van der Waals surface area (Å²) < 4.78 is 31.6. The fourth-order valence-electron chi connectivity index (χ4n) is 2.20. The van der Waals surface area contributed by atoms with Crippen LogP contribution < -0.4 is 4.72 Å². The molecule has 1 N–H and O–H groups in total. The van der Waals surface area contributed by atoms with Crippen LogP contribution in [0.15, 0.2) is 17.0 Å². The number of aryl methyl sites for hydroxylation is 3. The van der Waals surface area contributed by atoms with E-state index in [2.05, 4.69) is 9.46 Å². The van der Waals surface area contributed by atoms with Gasteiger partial charge in [0.05, 0.1) is 12.0 Å². The van der Waals surface area contributed by atoms with Crippen molar-refractivity contribution in [3.05, 3.63) is 28.8 Å². The summed E-state index contributed by atoms with van der Waals surface area (Å²) in [6, 6.07) is 3.69. The van der Waals surface area contributed by atoms with Crippen molar-refractivity contribution in [3.63, 3.8) is 0 Å². The predicted octanol–water partition coefficient (Wildman–Crippen LogP) is 1.84. The van der Waals surface area contributed by atoms with Gasteiger partial charge in [-0.1, -0.05) is 17.7 Å². The molecule has 0 amide bonds. The summed E-state index contributed by atoms with van der Waals surface area (Å²) in [6.07, 6.45) is 0.612. The number of esters is 1. The van der Waals surface area contributed by atoms with Gasteiger partial charge in [0.25, 0.3) is 0 Å². The van der Waals surface area contributed by atoms with Gasteiger partial charge < -0.3 is 4.74 Å². The molecule has 0 atom stereocenters. The summed E-state index contributed by atoms with van der Waals surface area (Å²) in [6.45, 7) is 5.70. The number of sulfonamides is 1. The topological polar surface area (TPSA) is 72.5 Å². The average molecular weight is 299 g/mol. The maximum Gasteiger partial charge on any atom is 0.305 e. The molecule has 20 heavy (non-hydrogen) atoms. The molecule has 112 valence electrons. The number of rotatable bonds is 6. The van der Waals surface area contributed by atoms with Crippen molar-refractivity contribution >= 4 is 16.0 Å². The molecule has 1 aromatic carbocycles. The molecule has 0 radical (unpaired) electrons. The van der Waals surface area contributed by atoms with E-state index in [0.29, 0.717) is 11.3 Å². The molecule has 0 aromatic heterocycles. The Bertz CT molecular complexity index is 570. The highest BCUT2D eigenvalue weighted by Gasteiger charge is 2.19. The van der Waals surface area contributed by atoms with Crippen molar-refractivity contribution in [2.45, 2.75) is 38.5 Å². The van der Waals surface area contributed by atoms with Crippen molar-refractivity contribution in [1.29, 1.82) is 0 Å². The standard InChI is InChI=1S/C14H21NO4S/c1-10-8-11(2)14(12(3)9-10)20(17,18)15-7-5-6-13(16)19-4/h8-9,15H,5-7H2,1-4H3. The van der Waals surface area contributed by atoms with Crippen molar-refractivity contribution in [3.8, 4) is 0 Å². The van der Waals surface area contributed by atoms with E-state index in [9.17, 15) is 13.2 Å². The highest BCUT2D eigenvalue weighted by atomic mass is 32.2. The Hall–Kier alpha value is -1.40. The number of hydrogen-bond acceptors (Lipinski definition) is 4. The lowest BCUT2D eigenvalue weighted by molar-refractivity contribution is -0.140. The molecule has 1 rings (SSSR count). The first kappa shape index (κ1) is 16.7. The first-order valence-corrected chi connectivity index (χ1v) is 7.90. The molecule has 6 heteroatoms. The van der Waals surface area contributed by atoms with Crippen LogP contribution in [0.1, 0.15) is 29.5 Å². The SMILES string of the molecule is COC(=O)CCCNS(=O)(=O)c1c(C)cc(C)cc1C. The van der Waals surface area contributed by atoms with Gasteiger partial charge in [0.1, 0.15) is 0 Å². The third-order valence-corrected chi connectivity index (χ3v) is 4.72. The Kier molecular flexibility index (Phi) is 5.71. The minimum atomic E-state index is -3.55. The average Bonchev–Trinajstić information content (AvgIpc) is 2.32. The van der Waals surface area contributed by atoms with E-state index in [4.69, 9.17) is 0 Å². The van der Waals surface area contributed by atoms with E-state index in [1.54, 1.807) is 13.8 Å². The Morgan fingerprint density at radius 2 is 1.75 bits per heavy atom. The number of methoxy groups -OCH3 is 1. The lowest BCUT2D eigenvalue weighted by Gasteiger charge is -2.13. The highest BCUT2D eigenvalue weighted by Crippen LogP contribution is 2.21. The quantitative estimate of drug-likeness (QED) is 0.642. The molecule has 0 aliphatic heterocycles. The lowest BCUT2D eigenvalue weighted by Crippen LogP contribution is -2.26. The van der Waals surface area contributed by atoms with Crippen LogP contribution in [0.2, 0.25) is 0 Å². The molecule has 0 aliphatic rings. The van der Waals surface area contributed by atoms with Gasteiger partial charge >= 0.3 is 5.97 Å². The Balaban J connectivity index is 2.77. The second kappa shape index (κ2) is 6.85. The smallest absolute Gasteiger partial charge is 0.305 e. The fraction of sp³-hybridized carbons (Fsp3) is 0.500. The van der Waals surface area contributed by atoms with Crippen molar-refractivity contribution in [2.24, 2.45) is 0 Å². The minimum Gasteiger partial charge on any atom is -0.469 e. The summed E-state index contributed by atoms with van der Waals surface area (Å²) in [5.41, 5.74) is 2.48. The summed E-state index contributed by atoms with van der Waals surface area (Å²) in [4.78, 5) is 11.3. The van der Waals surface area contributed by atoms with E-state index in [0.717, 1.165) is 16.7 Å². The van der Waals surface area contributed by atoms with Gasteiger partial charge in [-0.15, -0.1) is 0 Å². The van der Waals surface area contributed by atoms with Gasteiger partial charge in [-0.25, -0.2) is 13.1 Å². The Morgan fingerprint density at radius 1 is 1.20 bits per heavy atom. The molecule has 0 bridgehead atoms. The number of hydrogen-bond donors (Lipinski definition) is 1. The normalized spacial score (nSPS) is 11.4. The van der Waals surface area contributed by atoms with Crippen LogP contribution >= 0.6 is 0 Å². The maximum absolute atomic E-state index is 12.3. The molecular weight excluding hydrogens is 278 g/mol. The minimum absolute atomic E-state index is 0.199. The van der Waals surface area contributed by atoms with Crippen molar-refractivity contribution in [2.75, 3.05) is 13.7 Å². The molecule has 0 aliphatic carbocycles. The molecule has 5 nitrogen and oxygen atoms in total. The zero-order valence-corrected chi connectivity index (χ0v) is 13.1. The van der Waals surface area contributed by atoms with Gasteiger partial charge in [0, 0.05) is 13.0 Å². The van der Waals surface area contributed by atoms with Crippen molar-refractivity contribution < 1.29 is 17.9 Å². The zero-order chi connectivity index (χ0) is 15.3. The number of benzene rings is 1. The molecule has 0 heterocycles. The van der Waals surface area contributed by atoms with Gasteiger partial charge in [-0.3, -0.25) is 4.79 Å². The van der Waals surface area contributed by atoms with E-state index in [-0.39, 0.29) is 18.9 Å². The van der Waals surface area contributed by atoms with E-state index in [1.165, 1.54) is 7.11 Å². The van der Waals surface area contributed by atoms with Gasteiger partial charge in [-0.05, 0) is 38.3 Å². The van der Waals surface area contributed by atoms with Crippen LogP contribution in [0.4, 0.5) is 0 Å². The van der Waals surface area contributed by atoms with Crippen LogP contribution in [0.3, 0.4) is 0 Å². The first-order valence-electron chi connectivity index (χ1n) is 6.42. The van der Waals surface area contributed by atoms with Crippen LogP contribution in [-0.4, -0.2) is 28.0 Å². The van der Waals surface area contributed by atoms with Gasteiger partial charge in [0.15, 0.2) is 0 Å². The van der Waals surface area contributed by atoms with Crippen molar-refractivity contribution in [1.82, 2.24) is 4.72 Å². The number of carbonyl (C=O) groups is 1. The highest BCUT2D eigenvalue weighted by molar-refractivity contribution is 7.89. The van der Waals surface area contributed by atoms with Gasteiger partial charge in [0.2, 0.25) is 10.0 Å². The van der Waals surface area contributed by atoms with E-state index < -0.39 is 10.0 Å². The van der Waals surface area contributed by atoms with Crippen LogP contribution in [0.5, 0.6) is 0 Å². The third-order valence-electron chi connectivity index (χ3n) is 2.95. The fourth-order valence-corrected chi connectivity index (χ4v) is 3.73. The number of carbonyl (C=O) groups excluding carboxylic acids is 1. The molecule has 0 spiro atoms. The first-order chi connectivity index (χ1) is 9.27. The predicted molar refractivity (Wildman–Crippen MR) is 77.1 cm³/mol. The summed E-state index contributed by atoms with van der Waals surface area (Å²) in [7, 11) is -2.23. The number of ether oxygens (including phenoxy) is 1. The largest absolute Gasteiger partial charge is 0.469 e. The Labute approximate surface area is 120 Å². The third kappa shape index (κ3) is 4.31. The maximum atomic E-state index is 12.3. The second-order valence-electron chi connectivity index (χ2n) is 4.81. The van der Waals surface area contributed by atoms with E-state index >= 15 is 0 Å².